The second-order valence-electron chi connectivity index (χ2n) is 4.75. The van der Waals surface area contributed by atoms with Crippen LogP contribution in [0.5, 0.6) is 0 Å². The van der Waals surface area contributed by atoms with Gasteiger partial charge >= 0.3 is 0 Å². The van der Waals surface area contributed by atoms with E-state index in [-0.39, 0.29) is 0 Å². The number of likely N-dealkylation sites (N-methyl/N-ethyl adjacent to an activating group) is 1. The Labute approximate surface area is 120 Å². The summed E-state index contributed by atoms with van der Waals surface area (Å²) in [7, 11) is 0. The van der Waals surface area contributed by atoms with Crippen LogP contribution in [-0.2, 0) is 6.42 Å². The van der Waals surface area contributed by atoms with Gasteiger partial charge in [-0.05, 0) is 36.2 Å². The van der Waals surface area contributed by atoms with Crippen LogP contribution in [0.15, 0.2) is 54.6 Å². The predicted molar refractivity (Wildman–Crippen MR) is 82.9 cm³/mol. The average Bonchev–Trinajstić information content (AvgIpc) is 2.44. The van der Waals surface area contributed by atoms with Gasteiger partial charge < -0.3 is 5.32 Å². The second kappa shape index (κ2) is 7.32. The summed E-state index contributed by atoms with van der Waals surface area (Å²) in [6.45, 7) is 4.13. The van der Waals surface area contributed by atoms with Crippen LogP contribution in [0.3, 0.4) is 0 Å². The summed E-state index contributed by atoms with van der Waals surface area (Å²) in [6.07, 6.45) is 1.01. The molecule has 19 heavy (non-hydrogen) atoms. The Bertz CT molecular complexity index is 496. The third-order valence-corrected chi connectivity index (χ3v) is 3.52. The number of benzene rings is 2. The summed E-state index contributed by atoms with van der Waals surface area (Å²) in [5.41, 5.74) is 2.67. The van der Waals surface area contributed by atoms with Gasteiger partial charge in [0.15, 0.2) is 0 Å². The van der Waals surface area contributed by atoms with Gasteiger partial charge in [-0.3, -0.25) is 0 Å². The maximum absolute atomic E-state index is 6.06. The molecule has 0 aliphatic carbocycles. The third-order valence-electron chi connectivity index (χ3n) is 3.28. The first-order chi connectivity index (χ1) is 9.29. The van der Waals surface area contributed by atoms with Crippen molar-refractivity contribution in [3.8, 4) is 0 Å². The van der Waals surface area contributed by atoms with Gasteiger partial charge in [-0.15, -0.1) is 0 Å². The standard InChI is InChI=1S/C17H20ClN/c1-2-19-13-16(15-8-4-3-5-9-15)11-14-7-6-10-17(18)12-14/h3-10,12,16,19H,2,11,13H2,1H3. The third kappa shape index (κ3) is 4.38. The van der Waals surface area contributed by atoms with E-state index in [0.29, 0.717) is 5.92 Å². The van der Waals surface area contributed by atoms with Crippen molar-refractivity contribution in [1.82, 2.24) is 5.32 Å². The molecular weight excluding hydrogens is 254 g/mol. The minimum absolute atomic E-state index is 0.486. The molecule has 2 rings (SSSR count). The molecule has 0 spiro atoms. The predicted octanol–water partition coefficient (Wildman–Crippen LogP) is 4.28. The van der Waals surface area contributed by atoms with Gasteiger partial charge in [0.05, 0.1) is 0 Å². The number of nitrogens with one attached hydrogen (secondary N) is 1. The molecular formula is C17H20ClN. The zero-order valence-electron chi connectivity index (χ0n) is 11.3. The monoisotopic (exact) mass is 273 g/mol. The average molecular weight is 274 g/mol. The van der Waals surface area contributed by atoms with Gasteiger partial charge in [-0.25, -0.2) is 0 Å². The van der Waals surface area contributed by atoms with Gasteiger partial charge in [0.1, 0.15) is 0 Å². The van der Waals surface area contributed by atoms with Gasteiger partial charge in [0, 0.05) is 17.5 Å². The molecule has 0 radical (unpaired) electrons. The lowest BCUT2D eigenvalue weighted by atomic mass is 9.92. The molecule has 0 saturated carbocycles. The molecule has 0 bridgehead atoms. The van der Waals surface area contributed by atoms with Gasteiger partial charge in [-0.2, -0.15) is 0 Å². The van der Waals surface area contributed by atoms with E-state index in [0.717, 1.165) is 24.5 Å². The molecule has 0 saturated heterocycles. The second-order valence-corrected chi connectivity index (χ2v) is 5.19. The minimum Gasteiger partial charge on any atom is -0.316 e. The quantitative estimate of drug-likeness (QED) is 0.829. The highest BCUT2D eigenvalue weighted by Crippen LogP contribution is 2.22. The van der Waals surface area contributed by atoms with E-state index < -0.39 is 0 Å². The molecule has 0 aliphatic heterocycles. The highest BCUT2D eigenvalue weighted by atomic mass is 35.5. The maximum Gasteiger partial charge on any atom is 0.0408 e. The Morgan fingerprint density at radius 3 is 2.53 bits per heavy atom. The van der Waals surface area contributed by atoms with Crippen LogP contribution >= 0.6 is 11.6 Å². The summed E-state index contributed by atoms with van der Waals surface area (Å²) in [5, 5.41) is 4.26. The van der Waals surface area contributed by atoms with Crippen LogP contribution < -0.4 is 5.32 Å². The summed E-state index contributed by atoms with van der Waals surface area (Å²) in [5.74, 6) is 0.486. The van der Waals surface area contributed by atoms with Crippen LogP contribution in [0.25, 0.3) is 0 Å². The van der Waals surface area contributed by atoms with Crippen molar-refractivity contribution in [2.75, 3.05) is 13.1 Å². The summed E-state index contributed by atoms with van der Waals surface area (Å²) in [4.78, 5) is 0. The molecule has 1 unspecified atom stereocenters. The largest absolute Gasteiger partial charge is 0.316 e. The van der Waals surface area contributed by atoms with Crippen molar-refractivity contribution < 1.29 is 0 Å². The molecule has 1 atom stereocenters. The van der Waals surface area contributed by atoms with Gasteiger partial charge in [-0.1, -0.05) is 61.0 Å². The molecule has 0 heterocycles. The van der Waals surface area contributed by atoms with Crippen LogP contribution in [0.1, 0.15) is 24.0 Å². The van der Waals surface area contributed by atoms with Crippen molar-refractivity contribution in [3.05, 3.63) is 70.7 Å². The summed E-state index contributed by atoms with van der Waals surface area (Å²) < 4.78 is 0. The number of rotatable bonds is 6. The van der Waals surface area contributed by atoms with E-state index in [1.165, 1.54) is 11.1 Å². The maximum atomic E-state index is 6.06. The lowest BCUT2D eigenvalue weighted by Gasteiger charge is -2.18. The smallest absolute Gasteiger partial charge is 0.0408 e. The molecule has 2 aromatic rings. The van der Waals surface area contributed by atoms with Gasteiger partial charge in [0.25, 0.3) is 0 Å². The van der Waals surface area contributed by atoms with Crippen LogP contribution in [-0.4, -0.2) is 13.1 Å². The number of hydrogen-bond acceptors (Lipinski definition) is 1. The fraction of sp³-hybridized carbons (Fsp3) is 0.294. The Balaban J connectivity index is 2.14. The Kier molecular flexibility index (Phi) is 5.44. The van der Waals surface area contributed by atoms with Crippen molar-refractivity contribution >= 4 is 11.6 Å². The van der Waals surface area contributed by atoms with E-state index in [2.05, 4.69) is 54.7 Å². The molecule has 0 amide bonds. The van der Waals surface area contributed by atoms with Crippen molar-refractivity contribution in [2.24, 2.45) is 0 Å². The Morgan fingerprint density at radius 2 is 1.84 bits per heavy atom. The lowest BCUT2D eigenvalue weighted by Crippen LogP contribution is -2.22. The molecule has 0 aliphatic rings. The normalized spacial score (nSPS) is 12.3. The molecule has 0 aromatic heterocycles. The van der Waals surface area contributed by atoms with Crippen molar-refractivity contribution in [2.45, 2.75) is 19.3 Å². The van der Waals surface area contributed by atoms with E-state index in [1.807, 2.05) is 12.1 Å². The number of hydrogen-bond donors (Lipinski definition) is 1. The fourth-order valence-electron chi connectivity index (χ4n) is 2.30. The van der Waals surface area contributed by atoms with Crippen LogP contribution in [0, 0.1) is 0 Å². The summed E-state index contributed by atoms with van der Waals surface area (Å²) in [6, 6.07) is 18.8. The zero-order valence-corrected chi connectivity index (χ0v) is 12.0. The molecule has 2 aromatic carbocycles. The Hall–Kier alpha value is -1.31. The first-order valence-electron chi connectivity index (χ1n) is 6.79. The number of halogens is 1. The minimum atomic E-state index is 0.486. The topological polar surface area (TPSA) is 12.0 Å². The molecule has 2 heteroatoms. The van der Waals surface area contributed by atoms with Gasteiger partial charge in [0.2, 0.25) is 0 Å². The highest BCUT2D eigenvalue weighted by Gasteiger charge is 2.11. The first-order valence-corrected chi connectivity index (χ1v) is 7.17. The molecule has 1 nitrogen and oxygen atoms in total. The van der Waals surface area contributed by atoms with E-state index in [1.54, 1.807) is 0 Å². The van der Waals surface area contributed by atoms with Crippen molar-refractivity contribution in [1.29, 1.82) is 0 Å². The summed E-state index contributed by atoms with van der Waals surface area (Å²) >= 11 is 6.06. The van der Waals surface area contributed by atoms with E-state index >= 15 is 0 Å². The zero-order chi connectivity index (χ0) is 13.5. The van der Waals surface area contributed by atoms with Crippen LogP contribution in [0.4, 0.5) is 0 Å². The van der Waals surface area contributed by atoms with Crippen LogP contribution in [0.2, 0.25) is 5.02 Å². The highest BCUT2D eigenvalue weighted by molar-refractivity contribution is 6.30. The van der Waals surface area contributed by atoms with Crippen molar-refractivity contribution in [3.63, 3.8) is 0 Å². The Morgan fingerprint density at radius 1 is 1.05 bits per heavy atom. The molecule has 0 fully saturated rings. The lowest BCUT2D eigenvalue weighted by molar-refractivity contribution is 0.595. The van der Waals surface area contributed by atoms with E-state index in [9.17, 15) is 0 Å². The fourth-order valence-corrected chi connectivity index (χ4v) is 2.51. The van der Waals surface area contributed by atoms with E-state index in [4.69, 9.17) is 11.6 Å². The molecule has 1 N–H and O–H groups in total. The molecule has 100 valence electrons. The first kappa shape index (κ1) is 14.1. The SMILES string of the molecule is CCNCC(Cc1cccc(Cl)c1)c1ccccc1.